The standard InChI is InChI=1S/C26H20BrClN2O5/c1-15-3-8-20(28)12-22(15)30-25(31)19(13-29)9-17-10-21(27)24(23(11-17)34-2)35-14-16-4-6-18(7-5-16)26(32)33/h3-12H,14H2,1-2H3,(H,30,31)(H,32,33)/b19-9+. The molecule has 7 nitrogen and oxygen atoms in total. The SMILES string of the molecule is COc1cc(/C=C(\C#N)C(=O)Nc2cc(Cl)ccc2C)cc(Br)c1OCc1ccc(C(=O)O)cc1. The number of carbonyl (C=O) groups is 2. The minimum atomic E-state index is -1.00. The van der Waals surface area contributed by atoms with E-state index in [9.17, 15) is 14.9 Å². The van der Waals surface area contributed by atoms with Crippen LogP contribution in [0, 0.1) is 18.3 Å². The predicted molar refractivity (Wildman–Crippen MR) is 137 cm³/mol. The number of aromatic carboxylic acids is 1. The number of hydrogen-bond acceptors (Lipinski definition) is 5. The molecule has 0 unspecified atom stereocenters. The Labute approximate surface area is 215 Å². The highest BCUT2D eigenvalue weighted by molar-refractivity contribution is 9.10. The highest BCUT2D eigenvalue weighted by atomic mass is 79.9. The Morgan fingerprint density at radius 2 is 1.89 bits per heavy atom. The Kier molecular flexibility index (Phi) is 8.53. The summed E-state index contributed by atoms with van der Waals surface area (Å²) in [5, 5.41) is 21.8. The zero-order valence-corrected chi connectivity index (χ0v) is 21.1. The van der Waals surface area contributed by atoms with E-state index in [1.807, 2.05) is 13.0 Å². The quantitative estimate of drug-likeness (QED) is 0.251. The van der Waals surface area contributed by atoms with Crippen LogP contribution in [0.25, 0.3) is 6.08 Å². The van der Waals surface area contributed by atoms with Gasteiger partial charge in [0.25, 0.3) is 5.91 Å². The van der Waals surface area contributed by atoms with Crippen LogP contribution in [0.5, 0.6) is 11.5 Å². The number of nitrogens with one attached hydrogen (secondary N) is 1. The first-order valence-electron chi connectivity index (χ1n) is 10.2. The van der Waals surface area contributed by atoms with Crippen molar-refractivity contribution < 1.29 is 24.2 Å². The van der Waals surface area contributed by atoms with Crippen molar-refractivity contribution in [1.82, 2.24) is 0 Å². The van der Waals surface area contributed by atoms with Crippen molar-refractivity contribution in [2.24, 2.45) is 0 Å². The molecule has 0 bridgehead atoms. The maximum atomic E-state index is 12.7. The maximum Gasteiger partial charge on any atom is 0.335 e. The first kappa shape index (κ1) is 25.8. The van der Waals surface area contributed by atoms with Crippen molar-refractivity contribution >= 4 is 51.2 Å². The van der Waals surface area contributed by atoms with Crippen molar-refractivity contribution in [1.29, 1.82) is 5.26 Å². The van der Waals surface area contributed by atoms with Crippen LogP contribution in [0.2, 0.25) is 5.02 Å². The topological polar surface area (TPSA) is 109 Å². The van der Waals surface area contributed by atoms with Crippen LogP contribution in [-0.4, -0.2) is 24.1 Å². The number of rotatable bonds is 8. The first-order chi connectivity index (χ1) is 16.7. The Balaban J connectivity index is 1.81. The summed E-state index contributed by atoms with van der Waals surface area (Å²) in [6.45, 7) is 2.00. The number of carboxylic acid groups (broad SMARTS) is 1. The summed E-state index contributed by atoms with van der Waals surface area (Å²) in [5.41, 5.74) is 2.72. The van der Waals surface area contributed by atoms with Crippen LogP contribution in [0.1, 0.15) is 27.0 Å². The average Bonchev–Trinajstić information content (AvgIpc) is 2.83. The van der Waals surface area contributed by atoms with Crippen molar-refractivity contribution in [2.75, 3.05) is 12.4 Å². The number of carboxylic acids is 1. The first-order valence-corrected chi connectivity index (χ1v) is 11.4. The van der Waals surface area contributed by atoms with Gasteiger partial charge in [-0.2, -0.15) is 5.26 Å². The molecule has 9 heteroatoms. The molecule has 3 rings (SSSR count). The third-order valence-corrected chi connectivity index (χ3v) is 5.78. The van der Waals surface area contributed by atoms with Gasteiger partial charge in [-0.1, -0.05) is 29.8 Å². The lowest BCUT2D eigenvalue weighted by Crippen LogP contribution is -2.14. The van der Waals surface area contributed by atoms with E-state index in [2.05, 4.69) is 21.2 Å². The largest absolute Gasteiger partial charge is 0.493 e. The van der Waals surface area contributed by atoms with Gasteiger partial charge in [-0.25, -0.2) is 4.79 Å². The van der Waals surface area contributed by atoms with Gasteiger partial charge in [0.2, 0.25) is 0 Å². The molecule has 0 atom stereocenters. The number of anilines is 1. The summed E-state index contributed by atoms with van der Waals surface area (Å²) in [7, 11) is 1.48. The molecule has 0 spiro atoms. The number of halogens is 2. The summed E-state index contributed by atoms with van der Waals surface area (Å²) < 4.78 is 11.9. The number of nitriles is 1. The minimum Gasteiger partial charge on any atom is -0.493 e. The number of ether oxygens (including phenoxy) is 2. The van der Waals surface area contributed by atoms with Crippen LogP contribution in [0.3, 0.4) is 0 Å². The number of hydrogen-bond donors (Lipinski definition) is 2. The lowest BCUT2D eigenvalue weighted by Gasteiger charge is -2.14. The number of benzene rings is 3. The Bertz CT molecular complexity index is 1350. The zero-order chi connectivity index (χ0) is 25.5. The molecule has 0 saturated carbocycles. The molecule has 1 amide bonds. The number of methoxy groups -OCH3 is 1. The summed E-state index contributed by atoms with van der Waals surface area (Å²) in [5.74, 6) is -0.766. The van der Waals surface area contributed by atoms with Gasteiger partial charge in [0, 0.05) is 10.7 Å². The fourth-order valence-electron chi connectivity index (χ4n) is 3.10. The van der Waals surface area contributed by atoms with E-state index in [4.69, 9.17) is 26.2 Å². The Hall–Kier alpha value is -3.80. The van der Waals surface area contributed by atoms with E-state index in [0.717, 1.165) is 11.1 Å². The monoisotopic (exact) mass is 554 g/mol. The zero-order valence-electron chi connectivity index (χ0n) is 18.8. The Morgan fingerprint density at radius 1 is 1.17 bits per heavy atom. The molecule has 0 saturated heterocycles. The van der Waals surface area contributed by atoms with Gasteiger partial charge in [0.15, 0.2) is 11.5 Å². The van der Waals surface area contributed by atoms with E-state index in [0.29, 0.717) is 32.2 Å². The highest BCUT2D eigenvalue weighted by Gasteiger charge is 2.15. The highest BCUT2D eigenvalue weighted by Crippen LogP contribution is 2.38. The molecular formula is C26H20BrClN2O5. The molecule has 2 N–H and O–H groups in total. The van der Waals surface area contributed by atoms with E-state index in [-0.39, 0.29) is 17.7 Å². The van der Waals surface area contributed by atoms with Crippen LogP contribution >= 0.6 is 27.5 Å². The van der Waals surface area contributed by atoms with Gasteiger partial charge < -0.3 is 19.9 Å². The smallest absolute Gasteiger partial charge is 0.335 e. The fraction of sp³-hybridized carbons (Fsp3) is 0.115. The third-order valence-electron chi connectivity index (χ3n) is 4.96. The van der Waals surface area contributed by atoms with Crippen molar-refractivity contribution in [3.8, 4) is 17.6 Å². The summed E-state index contributed by atoms with van der Waals surface area (Å²) in [4.78, 5) is 23.7. The molecule has 0 aliphatic rings. The number of nitrogens with zero attached hydrogens (tertiary/aromatic N) is 1. The predicted octanol–water partition coefficient (Wildman–Crippen LogP) is 6.24. The summed E-state index contributed by atoms with van der Waals surface area (Å²) in [6.07, 6.45) is 1.44. The Morgan fingerprint density at radius 3 is 2.51 bits per heavy atom. The lowest BCUT2D eigenvalue weighted by atomic mass is 10.1. The molecule has 0 aliphatic heterocycles. The third kappa shape index (κ3) is 6.63. The lowest BCUT2D eigenvalue weighted by molar-refractivity contribution is -0.112. The number of amides is 1. The van der Waals surface area contributed by atoms with Gasteiger partial charge in [0.1, 0.15) is 18.2 Å². The summed E-state index contributed by atoms with van der Waals surface area (Å²) in [6, 6.07) is 16.7. The average molecular weight is 556 g/mol. The van der Waals surface area contributed by atoms with E-state index in [1.54, 1.807) is 42.5 Å². The van der Waals surface area contributed by atoms with Gasteiger partial charge >= 0.3 is 5.97 Å². The molecule has 3 aromatic rings. The second-order valence-corrected chi connectivity index (χ2v) is 8.70. The molecule has 178 valence electrons. The molecule has 0 heterocycles. The van der Waals surface area contributed by atoms with Crippen molar-refractivity contribution in [2.45, 2.75) is 13.5 Å². The number of carbonyl (C=O) groups excluding carboxylic acids is 1. The molecule has 0 fully saturated rings. The molecule has 0 aliphatic carbocycles. The van der Waals surface area contributed by atoms with Gasteiger partial charge in [-0.3, -0.25) is 4.79 Å². The second-order valence-electron chi connectivity index (χ2n) is 7.41. The number of aryl methyl sites for hydroxylation is 1. The fourth-order valence-corrected chi connectivity index (χ4v) is 3.84. The molecule has 3 aromatic carbocycles. The van der Waals surface area contributed by atoms with Gasteiger partial charge in [-0.15, -0.1) is 0 Å². The van der Waals surface area contributed by atoms with E-state index < -0.39 is 11.9 Å². The van der Waals surface area contributed by atoms with Crippen LogP contribution in [0.15, 0.2) is 64.6 Å². The van der Waals surface area contributed by atoms with Crippen LogP contribution in [0.4, 0.5) is 5.69 Å². The molecular weight excluding hydrogens is 536 g/mol. The molecule has 35 heavy (non-hydrogen) atoms. The van der Waals surface area contributed by atoms with E-state index >= 15 is 0 Å². The van der Waals surface area contributed by atoms with E-state index in [1.165, 1.54) is 25.3 Å². The maximum absolute atomic E-state index is 12.7. The molecule has 0 radical (unpaired) electrons. The van der Waals surface area contributed by atoms with Crippen LogP contribution in [-0.2, 0) is 11.4 Å². The minimum absolute atomic E-state index is 0.106. The van der Waals surface area contributed by atoms with Gasteiger partial charge in [-0.05, 0) is 82.0 Å². The second kappa shape index (κ2) is 11.6. The van der Waals surface area contributed by atoms with Gasteiger partial charge in [0.05, 0.1) is 17.1 Å². The molecule has 0 aromatic heterocycles. The van der Waals surface area contributed by atoms with Crippen molar-refractivity contribution in [3.05, 3.63) is 91.9 Å². The van der Waals surface area contributed by atoms with Crippen LogP contribution < -0.4 is 14.8 Å². The normalized spacial score (nSPS) is 10.9. The summed E-state index contributed by atoms with van der Waals surface area (Å²) >= 11 is 9.46. The van der Waals surface area contributed by atoms with Crippen molar-refractivity contribution in [3.63, 3.8) is 0 Å².